The third kappa shape index (κ3) is 3.79. The van der Waals surface area contributed by atoms with Gasteiger partial charge >= 0.3 is 5.69 Å². The molecule has 3 aromatic rings. The first-order valence-corrected chi connectivity index (χ1v) is 8.60. The van der Waals surface area contributed by atoms with Crippen LogP contribution in [0.4, 0.5) is 0 Å². The van der Waals surface area contributed by atoms with E-state index < -0.39 is 0 Å². The first-order chi connectivity index (χ1) is 13.1. The fourth-order valence-electron chi connectivity index (χ4n) is 2.87. The average Bonchev–Trinajstić information content (AvgIpc) is 3.01. The predicted molar refractivity (Wildman–Crippen MR) is 100 cm³/mol. The summed E-state index contributed by atoms with van der Waals surface area (Å²) in [5, 5.41) is 4.21. The molecular formula is C19H22N4O4. The number of pyridine rings is 1. The number of hydrogen-bond donors (Lipinski definition) is 0. The number of fused-ring (bicyclic) bond motifs is 1. The molecule has 0 radical (unpaired) electrons. The molecular weight excluding hydrogens is 348 g/mol. The largest absolute Gasteiger partial charge is 0.493 e. The third-order valence-electron chi connectivity index (χ3n) is 4.33. The second-order valence-corrected chi connectivity index (χ2v) is 5.97. The molecule has 8 heteroatoms. The zero-order valence-corrected chi connectivity index (χ0v) is 15.6. The number of aromatic nitrogens is 3. The molecule has 0 atom stereocenters. The summed E-state index contributed by atoms with van der Waals surface area (Å²) >= 11 is 0. The van der Waals surface area contributed by atoms with Crippen molar-refractivity contribution in [2.24, 2.45) is 0 Å². The topological polar surface area (TPSA) is 78.1 Å². The number of benzene rings is 1. The lowest BCUT2D eigenvalue weighted by molar-refractivity contribution is -0.132. The number of amides is 1. The fourth-order valence-corrected chi connectivity index (χ4v) is 2.87. The van der Waals surface area contributed by atoms with E-state index in [1.807, 2.05) is 19.1 Å². The number of rotatable bonds is 7. The molecule has 0 spiro atoms. The Hall–Kier alpha value is -3.29. The lowest BCUT2D eigenvalue weighted by Gasteiger charge is -2.21. The van der Waals surface area contributed by atoms with Crippen molar-refractivity contribution < 1.29 is 14.3 Å². The molecule has 0 aliphatic carbocycles. The average molecular weight is 370 g/mol. The number of likely N-dealkylation sites (N-methyl/N-ethyl adjacent to an activating group) is 1. The molecule has 142 valence electrons. The van der Waals surface area contributed by atoms with Crippen molar-refractivity contribution >= 4 is 11.6 Å². The number of carbonyl (C=O) groups excluding carboxylic acids is 1. The second kappa shape index (κ2) is 7.94. The van der Waals surface area contributed by atoms with Crippen LogP contribution in [-0.4, -0.2) is 45.8 Å². The van der Waals surface area contributed by atoms with Crippen LogP contribution in [0.5, 0.6) is 11.5 Å². The summed E-state index contributed by atoms with van der Waals surface area (Å²) in [4.78, 5) is 26.7. The van der Waals surface area contributed by atoms with Crippen LogP contribution in [0.25, 0.3) is 5.65 Å². The highest BCUT2D eigenvalue weighted by atomic mass is 16.5. The molecule has 0 fully saturated rings. The molecule has 3 rings (SSSR count). The number of ether oxygens (including phenoxy) is 2. The molecule has 1 amide bonds. The van der Waals surface area contributed by atoms with E-state index >= 15 is 0 Å². The van der Waals surface area contributed by atoms with Crippen molar-refractivity contribution in [3.05, 3.63) is 58.6 Å². The molecule has 2 aromatic heterocycles. The van der Waals surface area contributed by atoms with Crippen molar-refractivity contribution in [3.8, 4) is 11.5 Å². The van der Waals surface area contributed by atoms with E-state index in [4.69, 9.17) is 9.47 Å². The zero-order valence-electron chi connectivity index (χ0n) is 15.6. The first kappa shape index (κ1) is 18.5. The van der Waals surface area contributed by atoms with Crippen LogP contribution in [0, 0.1) is 0 Å². The lowest BCUT2D eigenvalue weighted by Crippen LogP contribution is -2.36. The molecule has 0 unspecified atom stereocenters. The van der Waals surface area contributed by atoms with Gasteiger partial charge in [-0.2, -0.15) is 0 Å². The summed E-state index contributed by atoms with van der Waals surface area (Å²) in [6.45, 7) is 2.69. The van der Waals surface area contributed by atoms with Crippen LogP contribution < -0.4 is 15.2 Å². The standard InChI is InChI=1S/C19H22N4O4/c1-4-21(12-14-8-9-15(26-2)16(11-14)27-3)18(24)13-23-19(25)22-10-6-5-7-17(22)20-23/h5-11H,4,12-13H2,1-3H3. The monoisotopic (exact) mass is 370 g/mol. The van der Waals surface area contributed by atoms with Gasteiger partial charge in [-0.15, -0.1) is 5.10 Å². The maximum Gasteiger partial charge on any atom is 0.350 e. The summed E-state index contributed by atoms with van der Waals surface area (Å²) in [6.07, 6.45) is 1.63. The molecule has 0 aliphatic rings. The van der Waals surface area contributed by atoms with Gasteiger partial charge in [-0.1, -0.05) is 12.1 Å². The van der Waals surface area contributed by atoms with Crippen molar-refractivity contribution in [2.45, 2.75) is 20.0 Å². The van der Waals surface area contributed by atoms with Gasteiger partial charge in [0.05, 0.1) is 14.2 Å². The van der Waals surface area contributed by atoms with Crippen LogP contribution in [0.2, 0.25) is 0 Å². The van der Waals surface area contributed by atoms with Crippen molar-refractivity contribution in [1.29, 1.82) is 0 Å². The first-order valence-electron chi connectivity index (χ1n) is 8.60. The molecule has 0 aliphatic heterocycles. The Morgan fingerprint density at radius 3 is 2.59 bits per heavy atom. The minimum Gasteiger partial charge on any atom is -0.493 e. The van der Waals surface area contributed by atoms with Gasteiger partial charge in [-0.25, -0.2) is 9.48 Å². The number of nitrogens with zero attached hydrogens (tertiary/aromatic N) is 4. The Bertz CT molecular complexity index is 1010. The number of carbonyl (C=O) groups is 1. The van der Waals surface area contributed by atoms with Crippen molar-refractivity contribution in [2.75, 3.05) is 20.8 Å². The molecule has 0 saturated heterocycles. The van der Waals surface area contributed by atoms with Crippen LogP contribution in [-0.2, 0) is 17.9 Å². The molecule has 0 N–H and O–H groups in total. The Kier molecular flexibility index (Phi) is 5.44. The molecule has 2 heterocycles. The number of methoxy groups -OCH3 is 2. The van der Waals surface area contributed by atoms with Gasteiger partial charge in [-0.3, -0.25) is 9.20 Å². The molecule has 27 heavy (non-hydrogen) atoms. The Labute approximate surface area is 156 Å². The van der Waals surface area contributed by atoms with Gasteiger partial charge < -0.3 is 14.4 Å². The Balaban J connectivity index is 1.78. The van der Waals surface area contributed by atoms with E-state index in [0.717, 1.165) is 5.56 Å². The van der Waals surface area contributed by atoms with Crippen molar-refractivity contribution in [3.63, 3.8) is 0 Å². The zero-order chi connectivity index (χ0) is 19.4. The van der Waals surface area contributed by atoms with Crippen molar-refractivity contribution in [1.82, 2.24) is 19.1 Å². The highest BCUT2D eigenvalue weighted by molar-refractivity contribution is 5.76. The highest BCUT2D eigenvalue weighted by Crippen LogP contribution is 2.28. The summed E-state index contributed by atoms with van der Waals surface area (Å²) < 4.78 is 13.2. The summed E-state index contributed by atoms with van der Waals surface area (Å²) in [5.74, 6) is 1.06. The molecule has 0 bridgehead atoms. The summed E-state index contributed by atoms with van der Waals surface area (Å²) in [7, 11) is 3.15. The Morgan fingerprint density at radius 1 is 1.15 bits per heavy atom. The van der Waals surface area contributed by atoms with E-state index in [1.165, 1.54) is 9.08 Å². The van der Waals surface area contributed by atoms with Gasteiger partial charge in [0.15, 0.2) is 17.1 Å². The minimum atomic E-state index is -0.332. The van der Waals surface area contributed by atoms with E-state index in [-0.39, 0.29) is 18.1 Å². The second-order valence-electron chi connectivity index (χ2n) is 5.97. The van der Waals surface area contributed by atoms with Gasteiger partial charge in [0, 0.05) is 19.3 Å². The maximum atomic E-state index is 12.7. The van der Waals surface area contributed by atoms with Gasteiger partial charge in [-0.05, 0) is 36.8 Å². The van der Waals surface area contributed by atoms with Crippen LogP contribution in [0.15, 0.2) is 47.4 Å². The summed E-state index contributed by atoms with van der Waals surface area (Å²) in [6, 6.07) is 10.8. The van der Waals surface area contributed by atoms with Gasteiger partial charge in [0.25, 0.3) is 0 Å². The number of hydrogen-bond acceptors (Lipinski definition) is 5. The van der Waals surface area contributed by atoms with E-state index in [9.17, 15) is 9.59 Å². The summed E-state index contributed by atoms with van der Waals surface area (Å²) in [5.41, 5.74) is 1.09. The SMILES string of the molecule is CCN(Cc1ccc(OC)c(OC)c1)C(=O)Cn1nc2ccccn2c1=O. The van der Waals surface area contributed by atoms with Crippen LogP contribution in [0.3, 0.4) is 0 Å². The molecule has 0 saturated carbocycles. The van der Waals surface area contributed by atoms with Crippen LogP contribution in [0.1, 0.15) is 12.5 Å². The molecule has 1 aromatic carbocycles. The Morgan fingerprint density at radius 2 is 1.93 bits per heavy atom. The quantitative estimate of drug-likeness (QED) is 0.631. The minimum absolute atomic E-state index is 0.109. The van der Waals surface area contributed by atoms with Gasteiger partial charge in [0.2, 0.25) is 5.91 Å². The molecule has 8 nitrogen and oxygen atoms in total. The van der Waals surface area contributed by atoms with Gasteiger partial charge in [0.1, 0.15) is 6.54 Å². The fraction of sp³-hybridized carbons (Fsp3) is 0.316. The highest BCUT2D eigenvalue weighted by Gasteiger charge is 2.17. The van der Waals surface area contributed by atoms with E-state index in [2.05, 4.69) is 5.10 Å². The lowest BCUT2D eigenvalue weighted by atomic mass is 10.2. The maximum absolute atomic E-state index is 12.7. The smallest absolute Gasteiger partial charge is 0.350 e. The predicted octanol–water partition coefficient (Wildman–Crippen LogP) is 1.56. The van der Waals surface area contributed by atoms with Crippen LogP contribution >= 0.6 is 0 Å². The third-order valence-corrected chi connectivity index (χ3v) is 4.33. The normalized spacial score (nSPS) is 10.8. The van der Waals surface area contributed by atoms with E-state index in [0.29, 0.717) is 30.2 Å². The van der Waals surface area contributed by atoms with E-state index in [1.54, 1.807) is 49.6 Å².